The number of carboxylic acid groups (broad SMARTS) is 1. The highest BCUT2D eigenvalue weighted by molar-refractivity contribution is 6.01. The number of carbonyl (C=O) groups is 17. The van der Waals surface area contributed by atoms with Crippen molar-refractivity contribution in [3.05, 3.63) is 95.8 Å². The fraction of sp³-hybridized carbons (Fsp3) is 0.591. The fourth-order valence-electron chi connectivity index (χ4n) is 14.8. The van der Waals surface area contributed by atoms with Gasteiger partial charge >= 0.3 is 5.97 Å². The summed E-state index contributed by atoms with van der Waals surface area (Å²) in [6.45, 7) is 6.69. The largest absolute Gasteiger partial charge is 0.508 e. The second-order valence-electron chi connectivity index (χ2n) is 35.8. The van der Waals surface area contributed by atoms with Gasteiger partial charge in [0.15, 0.2) is 23.8 Å². The maximum absolute atomic E-state index is 14.9. The SMILES string of the molecule is CC[C@H](C)[C@H](NC(=O)[C@H](CC(C)C)NC(=O)[C@@H](N)Cc1cccnc1)C(=O)N[C@@H](Cc1ccc(O)cc1)C(=O)N[C@@H](C)C(=O)N[C@@H](CCC(N)=O)C(=O)NCC(=O)N[C@@H](Cc1ccccc1)C(=O)N[C@@H](CO)C(=O)N[C@@H](CCCCN)C(=O)N[C@@H](CCCNC(=N)N)C(=O)N[C@@H](CCCCN)C(=O)N[C@@H](CCCNC(=N)N)C(=O)N[C@@H](CCCNC(=N)N)C(=O)N[C@@H](CCCCN)C(=O)N[C@@H](CCCNC(=N)N)C(=O)O. The first-order valence-electron chi connectivity index (χ1n) is 48.9. The average molecular weight is 2060 g/mol. The monoisotopic (exact) mass is 2050 g/mol. The minimum Gasteiger partial charge on any atom is -0.508 e. The molecule has 0 unspecified atom stereocenters. The summed E-state index contributed by atoms with van der Waals surface area (Å²) in [6, 6.07) is -5.32. The van der Waals surface area contributed by atoms with Crippen LogP contribution in [0.1, 0.15) is 186 Å². The molecule has 44 N–H and O–H groups in total. The van der Waals surface area contributed by atoms with E-state index in [-0.39, 0.29) is 185 Å². The smallest absolute Gasteiger partial charge is 0.326 e. The lowest BCUT2D eigenvalue weighted by Gasteiger charge is -2.29. The Morgan fingerprint density at radius 2 is 0.705 bits per heavy atom. The number of benzene rings is 2. The van der Waals surface area contributed by atoms with E-state index in [0.717, 1.165) is 0 Å². The fourth-order valence-corrected chi connectivity index (χ4v) is 14.8. The summed E-state index contributed by atoms with van der Waals surface area (Å²) in [4.78, 5) is 245. The number of rotatable bonds is 73. The summed E-state index contributed by atoms with van der Waals surface area (Å²) in [7, 11) is 0. The third-order valence-corrected chi connectivity index (χ3v) is 23.1. The molecule has 3 rings (SSSR count). The number of guanidine groups is 4. The number of aliphatic hydroxyl groups is 1. The van der Waals surface area contributed by atoms with E-state index in [1.807, 2.05) is 13.8 Å². The van der Waals surface area contributed by atoms with E-state index < -0.39 is 241 Å². The van der Waals surface area contributed by atoms with E-state index in [9.17, 15) is 96.8 Å². The Morgan fingerprint density at radius 3 is 1.10 bits per heavy atom. The van der Waals surface area contributed by atoms with Crippen molar-refractivity contribution >= 4 is 124 Å². The van der Waals surface area contributed by atoms with Crippen molar-refractivity contribution in [1.29, 1.82) is 21.6 Å². The van der Waals surface area contributed by atoms with Gasteiger partial charge in [0, 0.05) is 57.8 Å². The number of aliphatic hydroxyl groups excluding tert-OH is 1. The second kappa shape index (κ2) is 69.3. The minimum absolute atomic E-state index is 0.00128. The zero-order valence-electron chi connectivity index (χ0n) is 83.6. The number of aromatic hydroxyl groups is 1. The van der Waals surface area contributed by atoms with Crippen molar-refractivity contribution in [1.82, 2.24) is 106 Å². The Kier molecular flexibility index (Phi) is 59.5. The third-order valence-electron chi connectivity index (χ3n) is 23.1. The third kappa shape index (κ3) is 51.0. The molecule has 1 aromatic heterocycles. The van der Waals surface area contributed by atoms with E-state index in [4.69, 9.17) is 73.2 Å². The molecule has 53 nitrogen and oxygen atoms in total. The molecular formula is C93H155N33O20. The maximum Gasteiger partial charge on any atom is 0.326 e. The lowest BCUT2D eigenvalue weighted by molar-refractivity contribution is -0.142. The van der Waals surface area contributed by atoms with Crippen LogP contribution in [0, 0.1) is 33.5 Å². The molecule has 812 valence electrons. The zero-order valence-corrected chi connectivity index (χ0v) is 83.6. The first-order chi connectivity index (χ1) is 69.3. The van der Waals surface area contributed by atoms with Gasteiger partial charge < -0.3 is 168 Å². The molecule has 53 heteroatoms. The number of unbranched alkanes of at least 4 members (excludes halogenated alkanes) is 3. The predicted octanol–water partition coefficient (Wildman–Crippen LogP) is -8.06. The Balaban J connectivity index is 1.97. The number of hydrogen-bond acceptors (Lipinski definition) is 28. The van der Waals surface area contributed by atoms with Gasteiger partial charge in [-0.3, -0.25) is 103 Å². The molecule has 0 spiro atoms. The van der Waals surface area contributed by atoms with Crippen molar-refractivity contribution in [3.63, 3.8) is 0 Å². The van der Waals surface area contributed by atoms with E-state index in [1.165, 1.54) is 31.2 Å². The quantitative estimate of drug-likeness (QED) is 0.0142. The van der Waals surface area contributed by atoms with Crippen LogP contribution in [0.4, 0.5) is 0 Å². The van der Waals surface area contributed by atoms with Gasteiger partial charge in [0.2, 0.25) is 94.5 Å². The summed E-state index contributed by atoms with van der Waals surface area (Å²) < 4.78 is 0. The molecule has 3 aromatic rings. The Hall–Kier alpha value is -14.7. The molecule has 0 fully saturated rings. The summed E-state index contributed by atoms with van der Waals surface area (Å²) in [5.74, 6) is -19.2. The standard InChI is InChI=1S/C93H155N33O20/c1-6-53(4)74(126-86(142)68(45-52(2)3)123-76(132)59(97)46-57-23-16-40-107-49-57)88(144)124-70(48-56-31-33-58(128)34-32-56)84(140)113-54(5)75(131)115-66(35-36-72(98)129)77(133)112-50-73(130)114-69(47-55-21-8-7-9-22-55)85(141)125-71(51-127)87(143)121-61(25-11-14-38-95)79(135)119-63(27-17-41-108-90(99)100)80(136)116-60(24-10-13-37-94)78(134)118-65(29-19-43-110-92(103)104)82(138)120-64(28-18-42-109-91(101)102)81(137)117-62(26-12-15-39-96)83(139)122-67(89(145)146)30-20-44-111-93(105)106/h7-9,16,21-23,31-34,40,49,52-54,59-71,74,127-128H,6,10-15,17-20,24-30,35-39,41-48,50-51,94-97H2,1-5H3,(H2,98,129)(H,112,133)(H,113,140)(H,114,130)(H,115,131)(H,116,136)(H,117,137)(H,118,134)(H,119,135)(H,120,138)(H,121,143)(H,122,139)(H,123,132)(H,124,144)(H,125,141)(H,126,142)(H,145,146)(H4,99,100,108)(H4,101,102,109)(H4,103,104,110)(H4,105,106,111)/t53-,54-,59-,60-,61-,62-,63-,64-,65-,66-,67-,68-,69-,70-,71-,74-/m0/s1. The highest BCUT2D eigenvalue weighted by atomic mass is 16.4. The van der Waals surface area contributed by atoms with Crippen LogP contribution < -0.4 is 153 Å². The van der Waals surface area contributed by atoms with E-state index in [2.05, 4.69) is 106 Å². The van der Waals surface area contributed by atoms with Gasteiger partial charge in [0.05, 0.1) is 19.2 Å². The van der Waals surface area contributed by atoms with Gasteiger partial charge in [0.25, 0.3) is 0 Å². The Bertz CT molecular complexity index is 4720. The molecule has 146 heavy (non-hydrogen) atoms. The molecule has 2 aromatic carbocycles. The van der Waals surface area contributed by atoms with Crippen molar-refractivity contribution in [2.75, 3.05) is 59.0 Å². The van der Waals surface area contributed by atoms with E-state index in [0.29, 0.717) is 36.0 Å². The highest BCUT2D eigenvalue weighted by Crippen LogP contribution is 2.19. The summed E-state index contributed by atoms with van der Waals surface area (Å²) in [6.07, 6.45) is 2.73. The lowest BCUT2D eigenvalue weighted by Crippen LogP contribution is -2.61. The molecule has 0 bridgehead atoms. The van der Waals surface area contributed by atoms with Crippen molar-refractivity contribution in [2.24, 2.45) is 63.4 Å². The molecule has 16 atom stereocenters. The van der Waals surface area contributed by atoms with Crippen LogP contribution in [0.3, 0.4) is 0 Å². The number of amides is 16. The molecule has 0 saturated carbocycles. The number of carboxylic acids is 1. The summed E-state index contributed by atoms with van der Waals surface area (Å²) in [5, 5.41) is 111. The molecule has 16 amide bonds. The van der Waals surface area contributed by atoms with Crippen molar-refractivity contribution in [3.8, 4) is 5.75 Å². The number of phenolic OH excluding ortho intramolecular Hbond substituents is 1. The molecule has 0 aliphatic rings. The zero-order chi connectivity index (χ0) is 109. The Labute approximate surface area is 848 Å². The topological polar surface area (TPSA) is 922 Å². The van der Waals surface area contributed by atoms with Crippen molar-refractivity contribution < 1.29 is 96.8 Å². The number of aliphatic carboxylic acids is 1. The number of carbonyl (C=O) groups excluding carboxylic acids is 16. The molecular weight excluding hydrogens is 1900 g/mol. The van der Waals surface area contributed by atoms with Crippen LogP contribution in [-0.4, -0.2) is 294 Å². The second-order valence-corrected chi connectivity index (χ2v) is 35.8. The summed E-state index contributed by atoms with van der Waals surface area (Å²) >= 11 is 0. The lowest BCUT2D eigenvalue weighted by atomic mass is 9.95. The number of nitrogens with one attached hydrogen (secondary N) is 23. The summed E-state index contributed by atoms with van der Waals surface area (Å²) in [5.41, 5.74) is 52.9. The normalized spacial score (nSPS) is 14.3. The number of hydrogen-bond donors (Lipinski definition) is 35. The first-order valence-corrected chi connectivity index (χ1v) is 48.9. The van der Waals surface area contributed by atoms with Gasteiger partial charge in [-0.2, -0.15) is 0 Å². The van der Waals surface area contributed by atoms with E-state index in [1.54, 1.807) is 68.7 Å². The van der Waals surface area contributed by atoms with Crippen LogP contribution >= 0.6 is 0 Å². The van der Waals surface area contributed by atoms with Gasteiger partial charge in [0.1, 0.15) is 90.3 Å². The average Bonchev–Trinajstić information content (AvgIpc) is 0.471. The molecule has 1 heterocycles. The number of phenols is 1. The van der Waals surface area contributed by atoms with Gasteiger partial charge in [-0.15, -0.1) is 0 Å². The van der Waals surface area contributed by atoms with E-state index >= 15 is 0 Å². The Morgan fingerprint density at radius 1 is 0.356 bits per heavy atom. The first kappa shape index (κ1) is 125. The predicted molar refractivity (Wildman–Crippen MR) is 541 cm³/mol. The molecule has 0 saturated heterocycles. The minimum atomic E-state index is -1.90. The number of pyridine rings is 1. The maximum atomic E-state index is 14.9. The van der Waals surface area contributed by atoms with Crippen LogP contribution in [-0.2, 0) is 101 Å². The molecule has 0 aliphatic carbocycles. The van der Waals surface area contributed by atoms with Crippen LogP contribution in [0.2, 0.25) is 0 Å². The van der Waals surface area contributed by atoms with Gasteiger partial charge in [-0.1, -0.05) is 82.6 Å². The van der Waals surface area contributed by atoms with Gasteiger partial charge in [-0.05, 0) is 202 Å². The van der Waals surface area contributed by atoms with Crippen LogP contribution in [0.25, 0.3) is 0 Å². The van der Waals surface area contributed by atoms with Crippen LogP contribution in [0.5, 0.6) is 5.75 Å². The highest BCUT2D eigenvalue weighted by Gasteiger charge is 2.40. The number of nitrogens with two attached hydrogens (primary N) is 9. The molecule has 0 aliphatic heterocycles. The van der Waals surface area contributed by atoms with Gasteiger partial charge in [-0.25, -0.2) is 4.79 Å². The number of aromatic nitrogens is 1. The number of nitrogens with zero attached hydrogens (tertiary/aromatic N) is 1. The molecule has 0 radical (unpaired) electrons. The number of primary amides is 1. The van der Waals surface area contributed by atoms with Crippen molar-refractivity contribution in [2.45, 2.75) is 279 Å². The van der Waals surface area contributed by atoms with Crippen LogP contribution in [0.15, 0.2) is 79.1 Å².